The maximum absolute atomic E-state index is 12.5. The first-order valence-electron chi connectivity index (χ1n) is 10.0. The monoisotopic (exact) mass is 399 g/mol. The van der Waals surface area contributed by atoms with Crippen LogP contribution in [0.3, 0.4) is 0 Å². The van der Waals surface area contributed by atoms with E-state index in [2.05, 4.69) is 21.6 Å². The molecular formula is C21H25N3O3S. The number of hydrogen-bond acceptors (Lipinski definition) is 6. The lowest BCUT2D eigenvalue weighted by atomic mass is 9.95. The molecule has 3 fully saturated rings. The molecule has 2 aromatic rings. The van der Waals surface area contributed by atoms with Crippen molar-refractivity contribution in [3.8, 4) is 0 Å². The Morgan fingerprint density at radius 1 is 1.18 bits per heavy atom. The molecule has 148 valence electrons. The van der Waals surface area contributed by atoms with Crippen LogP contribution in [-0.2, 0) is 4.74 Å². The molecule has 5 rings (SSSR count). The average molecular weight is 400 g/mol. The molecule has 4 heterocycles. The second kappa shape index (κ2) is 7.81. The molecule has 1 aromatic heterocycles. The van der Waals surface area contributed by atoms with E-state index in [1.807, 2.05) is 24.3 Å². The standard InChI is InChI=1S/C21H25N3O3S/c25-21(23-19-11-15-3-6-18(19)22-15)14-1-4-17(5-2-14)28-20-12-16(13-27-20)24-7-9-26-10-8-24/h1-2,4-5,12-13,15,18-19,22H,3,6-11H2,(H,23,25)/t15-,18+,19-/m1/s1. The fraction of sp³-hybridized carbons (Fsp3) is 0.476. The Morgan fingerprint density at radius 2 is 2.00 bits per heavy atom. The van der Waals surface area contributed by atoms with Crippen LogP contribution < -0.4 is 15.5 Å². The van der Waals surface area contributed by atoms with Crippen molar-refractivity contribution in [2.75, 3.05) is 31.2 Å². The SMILES string of the molecule is O=C(N[C@@H]1C[C@H]2CC[C@@H]1N2)c1ccc(Sc2cc(N3CCOCC3)co2)cc1. The number of nitrogens with zero attached hydrogens (tertiary/aromatic N) is 1. The minimum atomic E-state index is 0.0171. The molecule has 0 saturated carbocycles. The number of carbonyl (C=O) groups is 1. The maximum atomic E-state index is 12.5. The average Bonchev–Trinajstić information content (AvgIpc) is 3.46. The van der Waals surface area contributed by atoms with Crippen LogP contribution in [0.5, 0.6) is 0 Å². The van der Waals surface area contributed by atoms with E-state index in [1.54, 1.807) is 18.0 Å². The van der Waals surface area contributed by atoms with Gasteiger partial charge in [0.1, 0.15) is 6.26 Å². The summed E-state index contributed by atoms with van der Waals surface area (Å²) in [7, 11) is 0. The van der Waals surface area contributed by atoms with E-state index < -0.39 is 0 Å². The highest BCUT2D eigenvalue weighted by molar-refractivity contribution is 7.99. The van der Waals surface area contributed by atoms with Crippen LogP contribution in [0.1, 0.15) is 29.6 Å². The molecule has 0 unspecified atom stereocenters. The summed E-state index contributed by atoms with van der Waals surface area (Å²) in [6.07, 6.45) is 5.26. The van der Waals surface area contributed by atoms with Gasteiger partial charge in [0, 0.05) is 47.7 Å². The first-order valence-corrected chi connectivity index (χ1v) is 10.8. The van der Waals surface area contributed by atoms with Crippen molar-refractivity contribution in [3.63, 3.8) is 0 Å². The van der Waals surface area contributed by atoms with Crippen LogP contribution in [0.25, 0.3) is 0 Å². The van der Waals surface area contributed by atoms with E-state index in [-0.39, 0.29) is 11.9 Å². The molecule has 1 aromatic carbocycles. The zero-order chi connectivity index (χ0) is 18.9. The molecule has 6 nitrogen and oxygen atoms in total. The molecule has 0 aliphatic carbocycles. The Hall–Kier alpha value is -1.96. The lowest BCUT2D eigenvalue weighted by Gasteiger charge is -2.27. The predicted octanol–water partition coefficient (Wildman–Crippen LogP) is 2.89. The van der Waals surface area contributed by atoms with Crippen molar-refractivity contribution in [1.82, 2.24) is 10.6 Å². The molecule has 0 radical (unpaired) electrons. The van der Waals surface area contributed by atoms with Gasteiger partial charge < -0.3 is 24.7 Å². The Bertz CT molecular complexity index is 832. The van der Waals surface area contributed by atoms with Gasteiger partial charge in [-0.25, -0.2) is 0 Å². The van der Waals surface area contributed by atoms with Crippen molar-refractivity contribution in [3.05, 3.63) is 42.2 Å². The minimum Gasteiger partial charge on any atom is -0.456 e. The summed E-state index contributed by atoms with van der Waals surface area (Å²) in [4.78, 5) is 15.9. The number of rotatable bonds is 5. The highest BCUT2D eigenvalue weighted by atomic mass is 32.2. The van der Waals surface area contributed by atoms with Gasteiger partial charge in [0.25, 0.3) is 5.91 Å². The second-order valence-electron chi connectivity index (χ2n) is 7.71. The van der Waals surface area contributed by atoms with Gasteiger partial charge in [0.05, 0.1) is 18.9 Å². The third kappa shape index (κ3) is 3.79. The van der Waals surface area contributed by atoms with Crippen molar-refractivity contribution >= 4 is 23.4 Å². The molecule has 0 spiro atoms. The van der Waals surface area contributed by atoms with E-state index in [0.717, 1.165) is 48.4 Å². The van der Waals surface area contributed by atoms with E-state index in [1.165, 1.54) is 12.8 Å². The van der Waals surface area contributed by atoms with E-state index in [0.29, 0.717) is 17.6 Å². The van der Waals surface area contributed by atoms with Crippen molar-refractivity contribution in [2.45, 2.75) is 47.4 Å². The second-order valence-corrected chi connectivity index (χ2v) is 8.79. The lowest BCUT2D eigenvalue weighted by molar-refractivity contribution is 0.0931. The van der Waals surface area contributed by atoms with Crippen LogP contribution in [0.15, 0.2) is 51.0 Å². The number of morpholine rings is 1. The summed E-state index contributed by atoms with van der Waals surface area (Å²) < 4.78 is 11.1. The van der Waals surface area contributed by atoms with Crippen molar-refractivity contribution in [1.29, 1.82) is 0 Å². The van der Waals surface area contributed by atoms with Gasteiger partial charge in [-0.2, -0.15) is 0 Å². The largest absolute Gasteiger partial charge is 0.456 e. The molecule has 2 bridgehead atoms. The van der Waals surface area contributed by atoms with E-state index in [4.69, 9.17) is 9.15 Å². The molecular weight excluding hydrogens is 374 g/mol. The molecule has 7 heteroatoms. The summed E-state index contributed by atoms with van der Waals surface area (Å²) in [5.41, 5.74) is 1.81. The zero-order valence-corrected chi connectivity index (χ0v) is 16.5. The molecule has 3 aliphatic rings. The number of ether oxygens (including phenoxy) is 1. The molecule has 28 heavy (non-hydrogen) atoms. The number of amides is 1. The van der Waals surface area contributed by atoms with Gasteiger partial charge >= 0.3 is 0 Å². The topological polar surface area (TPSA) is 66.7 Å². The van der Waals surface area contributed by atoms with Crippen molar-refractivity contribution in [2.24, 2.45) is 0 Å². The third-order valence-corrected chi connectivity index (χ3v) is 6.81. The molecule has 2 N–H and O–H groups in total. The fourth-order valence-electron chi connectivity index (χ4n) is 4.37. The normalized spacial score (nSPS) is 26.6. The number of benzene rings is 1. The highest BCUT2D eigenvalue weighted by Crippen LogP contribution is 2.33. The van der Waals surface area contributed by atoms with Gasteiger partial charge in [-0.1, -0.05) is 11.8 Å². The van der Waals surface area contributed by atoms with E-state index in [9.17, 15) is 4.79 Å². The first-order chi connectivity index (χ1) is 13.7. The Morgan fingerprint density at radius 3 is 2.71 bits per heavy atom. The minimum absolute atomic E-state index is 0.0171. The fourth-order valence-corrected chi connectivity index (χ4v) is 5.15. The smallest absolute Gasteiger partial charge is 0.251 e. The summed E-state index contributed by atoms with van der Waals surface area (Å²) >= 11 is 1.57. The summed E-state index contributed by atoms with van der Waals surface area (Å²) in [5.74, 6) is 0.0171. The number of hydrogen-bond donors (Lipinski definition) is 2. The van der Waals surface area contributed by atoms with Crippen LogP contribution >= 0.6 is 11.8 Å². The van der Waals surface area contributed by atoms with Crippen LogP contribution in [0.2, 0.25) is 0 Å². The zero-order valence-electron chi connectivity index (χ0n) is 15.7. The first kappa shape index (κ1) is 18.1. The Labute approximate surface area is 169 Å². The number of nitrogens with one attached hydrogen (secondary N) is 2. The van der Waals surface area contributed by atoms with Gasteiger partial charge in [0.2, 0.25) is 0 Å². The molecule has 3 aliphatic heterocycles. The number of anilines is 1. The van der Waals surface area contributed by atoms with Gasteiger partial charge in [-0.15, -0.1) is 0 Å². The summed E-state index contributed by atoms with van der Waals surface area (Å²) in [6, 6.07) is 11.1. The molecule has 1 amide bonds. The number of carbonyl (C=O) groups excluding carboxylic acids is 1. The van der Waals surface area contributed by atoms with Crippen LogP contribution in [-0.4, -0.2) is 50.3 Å². The Kier molecular flexibility index (Phi) is 5.05. The van der Waals surface area contributed by atoms with E-state index >= 15 is 0 Å². The lowest BCUT2D eigenvalue weighted by Crippen LogP contribution is -2.42. The summed E-state index contributed by atoms with van der Waals surface area (Å²) in [5, 5.41) is 7.60. The van der Waals surface area contributed by atoms with Gasteiger partial charge in [0.15, 0.2) is 5.09 Å². The molecule has 3 saturated heterocycles. The highest BCUT2D eigenvalue weighted by Gasteiger charge is 2.39. The van der Waals surface area contributed by atoms with Crippen LogP contribution in [0, 0.1) is 0 Å². The summed E-state index contributed by atoms with van der Waals surface area (Å²) in [6.45, 7) is 3.31. The maximum Gasteiger partial charge on any atom is 0.251 e. The predicted molar refractivity (Wildman–Crippen MR) is 108 cm³/mol. The Balaban J connectivity index is 1.18. The molecule has 3 atom stereocenters. The number of fused-ring (bicyclic) bond motifs is 2. The van der Waals surface area contributed by atoms with Crippen LogP contribution in [0.4, 0.5) is 5.69 Å². The number of furan rings is 1. The quantitative estimate of drug-likeness (QED) is 0.806. The van der Waals surface area contributed by atoms with Gasteiger partial charge in [-0.3, -0.25) is 4.79 Å². The third-order valence-electron chi connectivity index (χ3n) is 5.89. The van der Waals surface area contributed by atoms with Gasteiger partial charge in [-0.05, 0) is 43.5 Å². The van der Waals surface area contributed by atoms with Crippen molar-refractivity contribution < 1.29 is 13.9 Å².